The van der Waals surface area contributed by atoms with Crippen LogP contribution in [0.1, 0.15) is 52.8 Å². The van der Waals surface area contributed by atoms with Gasteiger partial charge in [0.05, 0.1) is 0 Å². The first-order chi connectivity index (χ1) is 12.1. The Morgan fingerprint density at radius 1 is 1.12 bits per heavy atom. The molecule has 2 N–H and O–H groups in total. The van der Waals surface area contributed by atoms with E-state index in [1.807, 2.05) is 6.92 Å². The summed E-state index contributed by atoms with van der Waals surface area (Å²) in [4.78, 5) is 22.7. The second-order valence-electron chi connectivity index (χ2n) is 6.06. The fraction of sp³-hybridized carbons (Fsp3) is 0.625. The van der Waals surface area contributed by atoms with E-state index in [4.69, 9.17) is 0 Å². The van der Waals surface area contributed by atoms with Crippen molar-refractivity contribution in [2.45, 2.75) is 65.2 Å². The standard InChI is InChI=1S/C16H23F4N5O/c1-5-6-7-11(12(17)8-26)13-23-14(21-9(2)3)25-15(24-13)22-10(4)16(18,19)20/h8-10H,5-7H2,1-4H3,(H2,21,22,23,24,25)/t10-/m1/s1. The van der Waals surface area contributed by atoms with Gasteiger partial charge in [0.2, 0.25) is 11.9 Å². The molecule has 0 spiro atoms. The van der Waals surface area contributed by atoms with E-state index in [9.17, 15) is 22.4 Å². The number of carbonyl (C=O) groups is 1. The number of halogens is 4. The normalized spacial score (nSPS) is 14.0. The van der Waals surface area contributed by atoms with E-state index >= 15 is 0 Å². The highest BCUT2D eigenvalue weighted by molar-refractivity contribution is 5.84. The van der Waals surface area contributed by atoms with Crippen molar-refractivity contribution in [3.8, 4) is 0 Å². The molecule has 1 aromatic heterocycles. The number of aromatic nitrogens is 3. The van der Waals surface area contributed by atoms with E-state index in [-0.39, 0.29) is 42.0 Å². The SMILES string of the molecule is CCCCC(=C(F)C=O)c1nc(NC(C)C)nc(N[C@H](C)C(F)(F)F)n1. The lowest BCUT2D eigenvalue weighted by Gasteiger charge is -2.18. The fourth-order valence-corrected chi connectivity index (χ4v) is 1.94. The van der Waals surface area contributed by atoms with Crippen LogP contribution in [0.5, 0.6) is 0 Å². The summed E-state index contributed by atoms with van der Waals surface area (Å²) in [5, 5.41) is 4.99. The molecule has 6 nitrogen and oxygen atoms in total. The topological polar surface area (TPSA) is 79.8 Å². The number of carbonyl (C=O) groups excluding carboxylic acids is 1. The molecule has 0 aliphatic rings. The van der Waals surface area contributed by atoms with Gasteiger partial charge in [0.25, 0.3) is 0 Å². The molecule has 10 heteroatoms. The number of hydrogen-bond donors (Lipinski definition) is 2. The number of unbranched alkanes of at least 4 members (excludes halogenated alkanes) is 1. The smallest absolute Gasteiger partial charge is 0.352 e. The van der Waals surface area contributed by atoms with Crippen LogP contribution in [0.3, 0.4) is 0 Å². The number of hydrogen-bond acceptors (Lipinski definition) is 6. The number of nitrogens with zero attached hydrogens (tertiary/aromatic N) is 3. The van der Waals surface area contributed by atoms with Gasteiger partial charge in [-0.15, -0.1) is 0 Å². The monoisotopic (exact) mass is 377 g/mol. The minimum atomic E-state index is -4.51. The summed E-state index contributed by atoms with van der Waals surface area (Å²) in [6.45, 7) is 6.37. The maximum Gasteiger partial charge on any atom is 0.408 e. The first-order valence-electron chi connectivity index (χ1n) is 8.28. The van der Waals surface area contributed by atoms with Crippen molar-refractivity contribution in [3.05, 3.63) is 11.7 Å². The molecule has 1 heterocycles. The Labute approximate surface area is 149 Å². The van der Waals surface area contributed by atoms with Gasteiger partial charge in [0, 0.05) is 11.6 Å². The predicted octanol–water partition coefficient (Wildman–Crippen LogP) is 4.12. The molecular formula is C16H23F4N5O. The summed E-state index contributed by atoms with van der Waals surface area (Å²) in [5.74, 6) is -1.57. The molecule has 0 saturated carbocycles. The van der Waals surface area contributed by atoms with Crippen molar-refractivity contribution in [1.29, 1.82) is 0 Å². The highest BCUT2D eigenvalue weighted by Crippen LogP contribution is 2.26. The van der Waals surface area contributed by atoms with Crippen LogP contribution < -0.4 is 10.6 Å². The molecule has 146 valence electrons. The molecule has 0 radical (unpaired) electrons. The van der Waals surface area contributed by atoms with Gasteiger partial charge >= 0.3 is 6.18 Å². The number of nitrogens with one attached hydrogen (secondary N) is 2. The van der Waals surface area contributed by atoms with Gasteiger partial charge in [-0.05, 0) is 33.6 Å². The second kappa shape index (κ2) is 9.44. The maximum atomic E-state index is 14.0. The van der Waals surface area contributed by atoms with E-state index in [1.165, 1.54) is 0 Å². The Hall–Kier alpha value is -2.26. The number of aldehydes is 1. The average Bonchev–Trinajstić information content (AvgIpc) is 2.53. The lowest BCUT2D eigenvalue weighted by Crippen LogP contribution is -2.34. The first kappa shape index (κ1) is 21.8. The van der Waals surface area contributed by atoms with Crippen LogP contribution in [-0.2, 0) is 4.79 Å². The second-order valence-corrected chi connectivity index (χ2v) is 6.06. The van der Waals surface area contributed by atoms with Crippen molar-refractivity contribution >= 4 is 23.8 Å². The summed E-state index contributed by atoms with van der Waals surface area (Å²) in [5.41, 5.74) is -0.0567. The summed E-state index contributed by atoms with van der Waals surface area (Å²) in [6.07, 6.45) is -2.99. The van der Waals surface area contributed by atoms with Gasteiger partial charge in [-0.25, -0.2) is 4.39 Å². The summed E-state index contributed by atoms with van der Waals surface area (Å²) in [7, 11) is 0. The lowest BCUT2D eigenvalue weighted by atomic mass is 10.1. The van der Waals surface area contributed by atoms with Crippen LogP contribution in [0.15, 0.2) is 5.83 Å². The molecule has 0 aliphatic heterocycles. The summed E-state index contributed by atoms with van der Waals surface area (Å²) >= 11 is 0. The van der Waals surface area contributed by atoms with Crippen LogP contribution in [0.25, 0.3) is 5.57 Å². The van der Waals surface area contributed by atoms with E-state index in [0.29, 0.717) is 6.42 Å². The molecule has 1 aromatic rings. The quantitative estimate of drug-likeness (QED) is 0.383. The van der Waals surface area contributed by atoms with Gasteiger partial charge in [-0.3, -0.25) is 4.79 Å². The third kappa shape index (κ3) is 6.57. The third-order valence-corrected chi connectivity index (χ3v) is 3.33. The Morgan fingerprint density at radius 2 is 1.69 bits per heavy atom. The zero-order valence-corrected chi connectivity index (χ0v) is 15.1. The predicted molar refractivity (Wildman–Crippen MR) is 91.3 cm³/mol. The Bertz CT molecular complexity index is 646. The zero-order chi connectivity index (χ0) is 19.9. The number of allylic oxidation sites excluding steroid dienone is 2. The lowest BCUT2D eigenvalue weighted by molar-refractivity contribution is -0.138. The zero-order valence-electron chi connectivity index (χ0n) is 15.1. The highest BCUT2D eigenvalue weighted by Gasteiger charge is 2.36. The van der Waals surface area contributed by atoms with Gasteiger partial charge in [0.15, 0.2) is 17.9 Å². The van der Waals surface area contributed by atoms with E-state index in [2.05, 4.69) is 25.6 Å². The molecular weight excluding hydrogens is 354 g/mol. The largest absolute Gasteiger partial charge is 0.408 e. The van der Waals surface area contributed by atoms with Gasteiger partial charge in [0.1, 0.15) is 6.04 Å². The van der Waals surface area contributed by atoms with Crippen LogP contribution >= 0.6 is 0 Å². The molecule has 0 aliphatic carbocycles. The summed E-state index contributed by atoms with van der Waals surface area (Å²) in [6, 6.07) is -2.03. The number of alkyl halides is 3. The Balaban J connectivity index is 3.36. The Morgan fingerprint density at radius 3 is 2.15 bits per heavy atom. The van der Waals surface area contributed by atoms with Crippen LogP contribution in [0, 0.1) is 0 Å². The first-order valence-corrected chi connectivity index (χ1v) is 8.28. The molecule has 0 fully saturated rings. The Kier molecular flexibility index (Phi) is 7.91. The molecule has 0 saturated heterocycles. The number of anilines is 2. The summed E-state index contributed by atoms with van der Waals surface area (Å²) < 4.78 is 52.3. The highest BCUT2D eigenvalue weighted by atomic mass is 19.4. The van der Waals surface area contributed by atoms with Crippen molar-refractivity contribution in [3.63, 3.8) is 0 Å². The van der Waals surface area contributed by atoms with Crippen LogP contribution in [-0.4, -0.2) is 39.5 Å². The van der Waals surface area contributed by atoms with Crippen molar-refractivity contribution < 1.29 is 22.4 Å². The molecule has 26 heavy (non-hydrogen) atoms. The molecule has 0 unspecified atom stereocenters. The minimum Gasteiger partial charge on any atom is -0.352 e. The van der Waals surface area contributed by atoms with Crippen molar-refractivity contribution in [2.75, 3.05) is 10.6 Å². The van der Waals surface area contributed by atoms with Crippen molar-refractivity contribution in [2.24, 2.45) is 0 Å². The van der Waals surface area contributed by atoms with Crippen LogP contribution in [0.2, 0.25) is 0 Å². The minimum absolute atomic E-state index is 0.00503. The number of rotatable bonds is 9. The van der Waals surface area contributed by atoms with Gasteiger partial charge in [-0.2, -0.15) is 28.1 Å². The molecule has 0 amide bonds. The van der Waals surface area contributed by atoms with Gasteiger partial charge in [-0.1, -0.05) is 13.3 Å². The molecule has 1 rings (SSSR count). The van der Waals surface area contributed by atoms with Gasteiger partial charge < -0.3 is 10.6 Å². The average molecular weight is 377 g/mol. The van der Waals surface area contributed by atoms with E-state index in [1.54, 1.807) is 13.8 Å². The van der Waals surface area contributed by atoms with Crippen molar-refractivity contribution in [1.82, 2.24) is 15.0 Å². The molecule has 1 atom stereocenters. The van der Waals surface area contributed by atoms with E-state index in [0.717, 1.165) is 13.3 Å². The van der Waals surface area contributed by atoms with E-state index < -0.39 is 18.0 Å². The fourth-order valence-electron chi connectivity index (χ4n) is 1.94. The maximum absolute atomic E-state index is 14.0. The molecule has 0 aromatic carbocycles. The third-order valence-electron chi connectivity index (χ3n) is 3.33. The molecule has 0 bridgehead atoms. The van der Waals surface area contributed by atoms with Crippen LogP contribution in [0.4, 0.5) is 29.5 Å².